The van der Waals surface area contributed by atoms with Crippen LogP contribution < -0.4 is 10.1 Å². The summed E-state index contributed by atoms with van der Waals surface area (Å²) in [7, 11) is 1.71. The summed E-state index contributed by atoms with van der Waals surface area (Å²) in [6.07, 6.45) is 9.57. The van der Waals surface area contributed by atoms with Crippen LogP contribution in [0.3, 0.4) is 0 Å². The van der Waals surface area contributed by atoms with Crippen LogP contribution in [0.15, 0.2) is 22.7 Å². The molecule has 3 heteroatoms. The van der Waals surface area contributed by atoms with E-state index >= 15 is 0 Å². The van der Waals surface area contributed by atoms with Crippen LogP contribution in [0.1, 0.15) is 51.0 Å². The number of methoxy groups -OCH3 is 1. The molecule has 1 fully saturated rings. The maximum atomic E-state index is 5.30. The first-order valence-electron chi connectivity index (χ1n) is 8.28. The van der Waals surface area contributed by atoms with Crippen molar-refractivity contribution in [3.05, 3.63) is 28.2 Å². The predicted molar refractivity (Wildman–Crippen MR) is 93.1 cm³/mol. The molecule has 0 aliphatic heterocycles. The highest BCUT2D eigenvalue weighted by Crippen LogP contribution is 2.30. The van der Waals surface area contributed by atoms with Gasteiger partial charge in [0.2, 0.25) is 0 Å². The third-order valence-corrected chi connectivity index (χ3v) is 5.21. The van der Waals surface area contributed by atoms with E-state index in [2.05, 4.69) is 46.4 Å². The molecule has 1 atom stereocenters. The van der Waals surface area contributed by atoms with Crippen molar-refractivity contribution < 1.29 is 4.74 Å². The molecule has 1 aromatic carbocycles. The molecule has 1 aliphatic carbocycles. The summed E-state index contributed by atoms with van der Waals surface area (Å²) in [6, 6.07) is 7.03. The average molecular weight is 354 g/mol. The van der Waals surface area contributed by atoms with E-state index in [1.54, 1.807) is 7.11 Å². The van der Waals surface area contributed by atoms with E-state index in [0.29, 0.717) is 6.04 Å². The van der Waals surface area contributed by atoms with Gasteiger partial charge < -0.3 is 10.1 Å². The number of nitrogens with one attached hydrogen (secondary N) is 1. The van der Waals surface area contributed by atoms with Gasteiger partial charge in [-0.05, 0) is 65.4 Å². The molecule has 1 N–H and O–H groups in total. The Labute approximate surface area is 137 Å². The van der Waals surface area contributed by atoms with Gasteiger partial charge in [0.05, 0.1) is 11.6 Å². The lowest BCUT2D eigenvalue weighted by molar-refractivity contribution is 0.405. The topological polar surface area (TPSA) is 21.3 Å². The molecule has 21 heavy (non-hydrogen) atoms. The highest BCUT2D eigenvalue weighted by atomic mass is 79.9. The van der Waals surface area contributed by atoms with Crippen LogP contribution in [0, 0.1) is 5.92 Å². The fourth-order valence-electron chi connectivity index (χ4n) is 3.42. The first-order chi connectivity index (χ1) is 10.2. The minimum atomic E-state index is 0.593. The van der Waals surface area contributed by atoms with E-state index in [-0.39, 0.29) is 0 Å². The molecule has 2 rings (SSSR count). The molecule has 0 aromatic heterocycles. The largest absolute Gasteiger partial charge is 0.496 e. The van der Waals surface area contributed by atoms with Crippen LogP contribution in [-0.2, 0) is 6.42 Å². The summed E-state index contributed by atoms with van der Waals surface area (Å²) in [4.78, 5) is 0. The van der Waals surface area contributed by atoms with Crippen molar-refractivity contribution in [3.8, 4) is 5.75 Å². The van der Waals surface area contributed by atoms with E-state index in [1.807, 2.05) is 0 Å². The molecule has 1 saturated carbocycles. The highest BCUT2D eigenvalue weighted by Gasteiger charge is 2.17. The second-order valence-corrected chi connectivity index (χ2v) is 7.01. The molecule has 0 amide bonds. The van der Waals surface area contributed by atoms with Gasteiger partial charge in [-0.3, -0.25) is 0 Å². The molecule has 2 nitrogen and oxygen atoms in total. The van der Waals surface area contributed by atoms with Crippen LogP contribution in [0.4, 0.5) is 0 Å². The van der Waals surface area contributed by atoms with E-state index in [9.17, 15) is 0 Å². The lowest BCUT2D eigenvalue weighted by Gasteiger charge is -2.20. The SMILES string of the molecule is CCNC(CCC1CCCC1)Cc1ccc(OC)c(Br)c1. The Morgan fingerprint density at radius 3 is 2.71 bits per heavy atom. The summed E-state index contributed by atoms with van der Waals surface area (Å²) in [5.41, 5.74) is 1.38. The molecule has 0 bridgehead atoms. The van der Waals surface area contributed by atoms with Crippen molar-refractivity contribution in [2.45, 2.75) is 57.9 Å². The fourth-order valence-corrected chi connectivity index (χ4v) is 4.01. The normalized spacial score (nSPS) is 17.1. The van der Waals surface area contributed by atoms with Gasteiger partial charge in [-0.1, -0.05) is 38.7 Å². The van der Waals surface area contributed by atoms with Crippen LogP contribution in [0.25, 0.3) is 0 Å². The van der Waals surface area contributed by atoms with Gasteiger partial charge in [0, 0.05) is 6.04 Å². The van der Waals surface area contributed by atoms with Crippen LogP contribution in [-0.4, -0.2) is 19.7 Å². The summed E-state index contributed by atoms with van der Waals surface area (Å²) >= 11 is 3.58. The molecule has 1 aliphatic rings. The van der Waals surface area contributed by atoms with Crippen molar-refractivity contribution in [1.82, 2.24) is 5.32 Å². The molecule has 0 heterocycles. The van der Waals surface area contributed by atoms with Crippen molar-refractivity contribution in [1.29, 1.82) is 0 Å². The van der Waals surface area contributed by atoms with Gasteiger partial charge in [-0.25, -0.2) is 0 Å². The second kappa shape index (κ2) is 8.79. The quantitative estimate of drug-likeness (QED) is 0.713. The van der Waals surface area contributed by atoms with Crippen LogP contribution in [0.2, 0.25) is 0 Å². The number of hydrogen-bond donors (Lipinski definition) is 1. The number of hydrogen-bond acceptors (Lipinski definition) is 2. The standard InChI is InChI=1S/C18H28BrNO/c1-3-20-16(10-8-14-6-4-5-7-14)12-15-9-11-18(21-2)17(19)13-15/h9,11,13-14,16,20H,3-8,10,12H2,1-2H3. The van der Waals surface area contributed by atoms with Gasteiger partial charge in [-0.15, -0.1) is 0 Å². The maximum absolute atomic E-state index is 5.30. The molecule has 118 valence electrons. The van der Waals surface area contributed by atoms with Crippen LogP contribution in [0.5, 0.6) is 5.75 Å². The fraction of sp³-hybridized carbons (Fsp3) is 0.667. The highest BCUT2D eigenvalue weighted by molar-refractivity contribution is 9.10. The molecule has 0 radical (unpaired) electrons. The number of rotatable bonds is 8. The van der Waals surface area contributed by atoms with E-state index in [1.165, 1.54) is 44.1 Å². The zero-order chi connectivity index (χ0) is 15.1. The second-order valence-electron chi connectivity index (χ2n) is 6.16. The zero-order valence-electron chi connectivity index (χ0n) is 13.3. The van der Waals surface area contributed by atoms with Gasteiger partial charge in [-0.2, -0.15) is 0 Å². The third-order valence-electron chi connectivity index (χ3n) is 4.59. The van der Waals surface area contributed by atoms with Gasteiger partial charge >= 0.3 is 0 Å². The first kappa shape index (κ1) is 16.8. The Morgan fingerprint density at radius 1 is 1.33 bits per heavy atom. The minimum Gasteiger partial charge on any atom is -0.496 e. The smallest absolute Gasteiger partial charge is 0.133 e. The van der Waals surface area contributed by atoms with E-state index < -0.39 is 0 Å². The predicted octanol–water partition coefficient (Wildman–Crippen LogP) is 4.95. The van der Waals surface area contributed by atoms with Crippen molar-refractivity contribution in [2.24, 2.45) is 5.92 Å². The van der Waals surface area contributed by atoms with Crippen molar-refractivity contribution in [3.63, 3.8) is 0 Å². The Morgan fingerprint density at radius 2 is 2.10 bits per heavy atom. The van der Waals surface area contributed by atoms with Gasteiger partial charge in [0.25, 0.3) is 0 Å². The first-order valence-corrected chi connectivity index (χ1v) is 9.08. The van der Waals surface area contributed by atoms with Crippen molar-refractivity contribution >= 4 is 15.9 Å². The molecule has 1 aromatic rings. The Kier molecular flexibility index (Phi) is 7.05. The lowest BCUT2D eigenvalue weighted by Crippen LogP contribution is -2.31. The molecule has 1 unspecified atom stereocenters. The zero-order valence-corrected chi connectivity index (χ0v) is 14.9. The maximum Gasteiger partial charge on any atom is 0.133 e. The summed E-state index contributed by atoms with van der Waals surface area (Å²) < 4.78 is 6.35. The third kappa shape index (κ3) is 5.30. The summed E-state index contributed by atoms with van der Waals surface area (Å²) in [6.45, 7) is 3.25. The van der Waals surface area contributed by atoms with E-state index in [0.717, 1.165) is 29.1 Å². The molecule has 0 spiro atoms. The molecular formula is C18H28BrNO. The lowest BCUT2D eigenvalue weighted by atomic mass is 9.95. The van der Waals surface area contributed by atoms with Gasteiger partial charge in [0.1, 0.15) is 5.75 Å². The summed E-state index contributed by atoms with van der Waals surface area (Å²) in [5.74, 6) is 1.89. The number of ether oxygens (including phenoxy) is 1. The van der Waals surface area contributed by atoms with E-state index in [4.69, 9.17) is 4.74 Å². The van der Waals surface area contributed by atoms with Crippen molar-refractivity contribution in [2.75, 3.05) is 13.7 Å². The molecule has 0 saturated heterocycles. The van der Waals surface area contributed by atoms with Crippen LogP contribution >= 0.6 is 15.9 Å². The molecular weight excluding hydrogens is 326 g/mol. The summed E-state index contributed by atoms with van der Waals surface area (Å²) in [5, 5.41) is 3.66. The Balaban J connectivity index is 1.90. The van der Waals surface area contributed by atoms with Gasteiger partial charge in [0.15, 0.2) is 0 Å². The monoisotopic (exact) mass is 353 g/mol. The number of halogens is 1. The number of benzene rings is 1. The number of likely N-dealkylation sites (N-methyl/N-ethyl adjacent to an activating group) is 1. The Bertz CT molecular complexity index is 429. The minimum absolute atomic E-state index is 0.593. The Hall–Kier alpha value is -0.540. The average Bonchev–Trinajstić information content (AvgIpc) is 2.98.